The summed E-state index contributed by atoms with van der Waals surface area (Å²) in [5, 5.41) is 10.9. The van der Waals surface area contributed by atoms with Crippen LogP contribution < -0.4 is 4.74 Å². The predicted octanol–water partition coefficient (Wildman–Crippen LogP) is 4.54. The van der Waals surface area contributed by atoms with Gasteiger partial charge in [0.25, 0.3) is 5.69 Å². The standard InChI is InChI=1S/C17H14ClNO4/c1-2-23-14-5-3-4-12(10-14)6-9-17(20)13-7-8-15(18)16(11-13)19(21)22/h3-11H,2H2,1H3/b9-6+. The number of ether oxygens (including phenoxy) is 1. The molecule has 0 saturated carbocycles. The molecule has 0 aromatic heterocycles. The Morgan fingerprint density at radius 3 is 2.78 bits per heavy atom. The van der Waals surface area contributed by atoms with Gasteiger partial charge in [0.1, 0.15) is 10.8 Å². The normalized spacial score (nSPS) is 10.7. The molecule has 2 rings (SSSR count). The number of nitrogens with zero attached hydrogens (tertiary/aromatic N) is 1. The smallest absolute Gasteiger partial charge is 0.288 e. The van der Waals surface area contributed by atoms with Crippen molar-refractivity contribution in [3.8, 4) is 5.75 Å². The molecule has 0 spiro atoms. The third-order valence-corrected chi connectivity index (χ3v) is 3.34. The zero-order chi connectivity index (χ0) is 16.8. The Bertz CT molecular complexity index is 771. The predicted molar refractivity (Wildman–Crippen MR) is 89.1 cm³/mol. The number of halogens is 1. The van der Waals surface area contributed by atoms with Crippen molar-refractivity contribution in [3.05, 3.63) is 74.8 Å². The van der Waals surface area contributed by atoms with Crippen molar-refractivity contribution in [3.63, 3.8) is 0 Å². The summed E-state index contributed by atoms with van der Waals surface area (Å²) >= 11 is 5.73. The van der Waals surface area contributed by atoms with E-state index in [1.54, 1.807) is 12.1 Å². The second-order valence-corrected chi connectivity index (χ2v) is 5.03. The molecule has 0 fully saturated rings. The van der Waals surface area contributed by atoms with Gasteiger partial charge >= 0.3 is 0 Å². The molecule has 0 unspecified atom stereocenters. The fraction of sp³-hybridized carbons (Fsp3) is 0.118. The second kappa shape index (κ2) is 7.56. The summed E-state index contributed by atoms with van der Waals surface area (Å²) in [5.74, 6) is 0.371. The lowest BCUT2D eigenvalue weighted by Gasteiger charge is -2.03. The highest BCUT2D eigenvalue weighted by Crippen LogP contribution is 2.25. The van der Waals surface area contributed by atoms with Crippen LogP contribution in [-0.2, 0) is 0 Å². The van der Waals surface area contributed by atoms with Crippen molar-refractivity contribution in [1.29, 1.82) is 0 Å². The lowest BCUT2D eigenvalue weighted by Crippen LogP contribution is -1.97. The third kappa shape index (κ3) is 4.40. The Hall–Kier alpha value is -2.66. The number of benzene rings is 2. The fourth-order valence-corrected chi connectivity index (χ4v) is 2.14. The molecule has 0 aliphatic rings. The average Bonchev–Trinajstić information content (AvgIpc) is 2.53. The van der Waals surface area contributed by atoms with E-state index in [4.69, 9.17) is 16.3 Å². The van der Waals surface area contributed by atoms with E-state index >= 15 is 0 Å². The van der Waals surface area contributed by atoms with Crippen LogP contribution in [0.3, 0.4) is 0 Å². The molecule has 0 N–H and O–H groups in total. The number of hydrogen-bond acceptors (Lipinski definition) is 4. The molecule has 0 radical (unpaired) electrons. The maximum absolute atomic E-state index is 12.1. The van der Waals surface area contributed by atoms with Crippen LogP contribution >= 0.6 is 11.6 Å². The monoisotopic (exact) mass is 331 g/mol. The first-order chi connectivity index (χ1) is 11.0. The summed E-state index contributed by atoms with van der Waals surface area (Å²) in [6.07, 6.45) is 2.99. The number of rotatable bonds is 6. The highest BCUT2D eigenvalue weighted by molar-refractivity contribution is 6.32. The summed E-state index contributed by atoms with van der Waals surface area (Å²) in [6.45, 7) is 2.44. The van der Waals surface area contributed by atoms with Crippen LogP contribution in [0.25, 0.3) is 6.08 Å². The molecule has 0 heterocycles. The molecule has 0 amide bonds. The Labute approximate surface area is 138 Å². The first-order valence-corrected chi connectivity index (χ1v) is 7.28. The molecule has 0 aliphatic carbocycles. The Balaban J connectivity index is 2.20. The average molecular weight is 332 g/mol. The van der Waals surface area contributed by atoms with Crippen LogP contribution in [0, 0.1) is 10.1 Å². The van der Waals surface area contributed by atoms with Crippen molar-refractivity contribution in [2.45, 2.75) is 6.92 Å². The zero-order valence-electron chi connectivity index (χ0n) is 12.4. The van der Waals surface area contributed by atoms with Crippen LogP contribution in [0.5, 0.6) is 5.75 Å². The summed E-state index contributed by atoms with van der Waals surface area (Å²) in [6, 6.07) is 11.3. The van der Waals surface area contributed by atoms with Gasteiger partial charge < -0.3 is 4.74 Å². The van der Waals surface area contributed by atoms with Crippen LogP contribution in [-0.4, -0.2) is 17.3 Å². The quantitative estimate of drug-likeness (QED) is 0.337. The van der Waals surface area contributed by atoms with E-state index in [0.717, 1.165) is 5.56 Å². The van der Waals surface area contributed by atoms with Gasteiger partial charge in [0, 0.05) is 11.6 Å². The van der Waals surface area contributed by atoms with Gasteiger partial charge in [-0.3, -0.25) is 14.9 Å². The lowest BCUT2D eigenvalue weighted by atomic mass is 10.1. The second-order valence-electron chi connectivity index (χ2n) is 4.63. The van der Waals surface area contributed by atoms with Gasteiger partial charge in [-0.15, -0.1) is 0 Å². The number of nitro benzene ring substituents is 1. The van der Waals surface area contributed by atoms with E-state index in [2.05, 4.69) is 0 Å². The summed E-state index contributed by atoms with van der Waals surface area (Å²) in [4.78, 5) is 22.4. The van der Waals surface area contributed by atoms with E-state index < -0.39 is 4.92 Å². The van der Waals surface area contributed by atoms with Crippen molar-refractivity contribution in [1.82, 2.24) is 0 Å². The largest absolute Gasteiger partial charge is 0.494 e. The number of ketones is 1. The molecule has 2 aromatic carbocycles. The van der Waals surface area contributed by atoms with E-state index in [1.165, 1.54) is 24.3 Å². The van der Waals surface area contributed by atoms with Gasteiger partial charge in [0.15, 0.2) is 5.78 Å². The maximum atomic E-state index is 12.1. The minimum absolute atomic E-state index is 0.0000508. The highest BCUT2D eigenvalue weighted by Gasteiger charge is 2.14. The molecule has 0 aliphatic heterocycles. The molecular formula is C17H14ClNO4. The molecule has 6 heteroatoms. The summed E-state index contributed by atoms with van der Waals surface area (Å²) < 4.78 is 5.38. The SMILES string of the molecule is CCOc1cccc(/C=C/C(=O)c2ccc(Cl)c([N+](=O)[O-])c2)c1. The van der Waals surface area contributed by atoms with Crippen molar-refractivity contribution in [2.75, 3.05) is 6.61 Å². The molecule has 0 atom stereocenters. The van der Waals surface area contributed by atoms with E-state index in [1.807, 2.05) is 25.1 Å². The Morgan fingerprint density at radius 2 is 2.09 bits per heavy atom. The van der Waals surface area contributed by atoms with Crippen LogP contribution in [0.15, 0.2) is 48.5 Å². The minimum atomic E-state index is -0.617. The third-order valence-electron chi connectivity index (χ3n) is 3.02. The maximum Gasteiger partial charge on any atom is 0.288 e. The lowest BCUT2D eigenvalue weighted by molar-refractivity contribution is -0.384. The fourth-order valence-electron chi connectivity index (χ4n) is 1.95. The van der Waals surface area contributed by atoms with Crippen molar-refractivity contribution < 1.29 is 14.5 Å². The van der Waals surface area contributed by atoms with Crippen LogP contribution in [0.2, 0.25) is 5.02 Å². The van der Waals surface area contributed by atoms with Crippen LogP contribution in [0.1, 0.15) is 22.8 Å². The molecule has 0 saturated heterocycles. The van der Waals surface area contributed by atoms with Crippen molar-refractivity contribution in [2.24, 2.45) is 0 Å². The topological polar surface area (TPSA) is 69.4 Å². The summed E-state index contributed by atoms with van der Waals surface area (Å²) in [5.41, 5.74) is 0.718. The first-order valence-electron chi connectivity index (χ1n) is 6.90. The first kappa shape index (κ1) is 16.7. The molecule has 5 nitrogen and oxygen atoms in total. The number of nitro groups is 1. The van der Waals surface area contributed by atoms with Crippen molar-refractivity contribution >= 4 is 29.1 Å². The van der Waals surface area contributed by atoms with E-state index in [0.29, 0.717) is 12.4 Å². The number of hydrogen-bond donors (Lipinski definition) is 0. The van der Waals surface area contributed by atoms with Crippen LogP contribution in [0.4, 0.5) is 5.69 Å². The molecule has 23 heavy (non-hydrogen) atoms. The number of carbonyl (C=O) groups excluding carboxylic acids is 1. The minimum Gasteiger partial charge on any atom is -0.494 e. The van der Waals surface area contributed by atoms with Gasteiger partial charge in [-0.1, -0.05) is 29.8 Å². The van der Waals surface area contributed by atoms with Gasteiger partial charge in [-0.25, -0.2) is 0 Å². The zero-order valence-corrected chi connectivity index (χ0v) is 13.1. The Morgan fingerprint density at radius 1 is 1.30 bits per heavy atom. The van der Waals surface area contributed by atoms with Gasteiger partial charge in [-0.2, -0.15) is 0 Å². The van der Waals surface area contributed by atoms with E-state index in [9.17, 15) is 14.9 Å². The molecule has 0 bridgehead atoms. The van der Waals surface area contributed by atoms with Gasteiger partial charge in [0.2, 0.25) is 0 Å². The highest BCUT2D eigenvalue weighted by atomic mass is 35.5. The van der Waals surface area contributed by atoms with Gasteiger partial charge in [0.05, 0.1) is 11.5 Å². The number of allylic oxidation sites excluding steroid dienone is 1. The molecule has 2 aromatic rings. The molecule has 118 valence electrons. The number of carbonyl (C=O) groups is 1. The van der Waals surface area contributed by atoms with Gasteiger partial charge in [-0.05, 0) is 42.8 Å². The Kier molecular flexibility index (Phi) is 5.49. The van der Waals surface area contributed by atoms with E-state index in [-0.39, 0.29) is 22.1 Å². The summed E-state index contributed by atoms with van der Waals surface area (Å²) in [7, 11) is 0. The molecular weight excluding hydrogens is 318 g/mol.